The molecular formula is C14H13ClN4. The molecule has 2 aromatic carbocycles. The summed E-state index contributed by atoms with van der Waals surface area (Å²) in [7, 11) is 0. The quantitative estimate of drug-likeness (QED) is 0.797. The summed E-state index contributed by atoms with van der Waals surface area (Å²) in [6, 6.07) is 13.7. The van der Waals surface area contributed by atoms with Gasteiger partial charge in [-0.1, -0.05) is 35.0 Å². The first kappa shape index (κ1) is 12.1. The summed E-state index contributed by atoms with van der Waals surface area (Å²) in [5, 5.41) is 9.01. The van der Waals surface area contributed by atoms with E-state index in [9.17, 15) is 0 Å². The van der Waals surface area contributed by atoms with Crippen LogP contribution in [-0.4, -0.2) is 21.5 Å². The number of hydrogen-bond donors (Lipinski definition) is 1. The average Bonchev–Trinajstić information content (AvgIpc) is 2.85. The molecule has 0 aliphatic carbocycles. The highest BCUT2D eigenvalue weighted by atomic mass is 35.5. The minimum atomic E-state index is 0.589. The number of rotatable bonds is 3. The third kappa shape index (κ3) is 2.20. The summed E-state index contributed by atoms with van der Waals surface area (Å²) >= 11 is 6.26. The number of para-hydroxylation sites is 1. The third-order valence-electron chi connectivity index (χ3n) is 3.05. The molecule has 0 amide bonds. The van der Waals surface area contributed by atoms with Crippen LogP contribution >= 0.6 is 11.6 Å². The average molecular weight is 273 g/mol. The van der Waals surface area contributed by atoms with E-state index in [0.29, 0.717) is 11.6 Å². The van der Waals surface area contributed by atoms with E-state index in [2.05, 4.69) is 10.3 Å². The number of aromatic nitrogens is 3. The molecule has 0 spiro atoms. The molecule has 0 aliphatic heterocycles. The van der Waals surface area contributed by atoms with Gasteiger partial charge in [-0.3, -0.25) is 0 Å². The molecule has 0 saturated carbocycles. The molecule has 5 heteroatoms. The molecule has 0 fully saturated rings. The van der Waals surface area contributed by atoms with Crippen molar-refractivity contribution in [2.24, 2.45) is 5.73 Å². The molecule has 0 unspecified atom stereocenters. The van der Waals surface area contributed by atoms with Crippen molar-refractivity contribution in [3.8, 4) is 5.69 Å². The van der Waals surface area contributed by atoms with Crippen molar-refractivity contribution in [2.75, 3.05) is 6.54 Å². The van der Waals surface area contributed by atoms with Gasteiger partial charge in [-0.2, -0.15) is 0 Å². The Labute approximate surface area is 115 Å². The van der Waals surface area contributed by atoms with E-state index in [4.69, 9.17) is 17.3 Å². The molecule has 0 radical (unpaired) electrons. The summed E-state index contributed by atoms with van der Waals surface area (Å²) in [5.74, 6) is 0. The minimum absolute atomic E-state index is 0.589. The van der Waals surface area contributed by atoms with Gasteiger partial charge in [-0.15, -0.1) is 5.10 Å². The first-order chi connectivity index (χ1) is 9.29. The van der Waals surface area contributed by atoms with E-state index in [1.807, 2.05) is 42.5 Å². The van der Waals surface area contributed by atoms with Crippen molar-refractivity contribution in [3.63, 3.8) is 0 Å². The molecule has 19 heavy (non-hydrogen) atoms. The molecule has 0 saturated heterocycles. The summed E-state index contributed by atoms with van der Waals surface area (Å²) in [4.78, 5) is 0. The van der Waals surface area contributed by atoms with E-state index < -0.39 is 0 Å². The van der Waals surface area contributed by atoms with Crippen LogP contribution in [0.1, 0.15) is 5.56 Å². The lowest BCUT2D eigenvalue weighted by Gasteiger charge is -2.06. The van der Waals surface area contributed by atoms with Crippen LogP contribution < -0.4 is 5.73 Å². The molecule has 96 valence electrons. The molecule has 3 rings (SSSR count). The fourth-order valence-electron chi connectivity index (χ4n) is 2.09. The lowest BCUT2D eigenvalue weighted by Crippen LogP contribution is -2.04. The van der Waals surface area contributed by atoms with E-state index in [-0.39, 0.29) is 0 Å². The van der Waals surface area contributed by atoms with Crippen LogP contribution in [0.25, 0.3) is 16.7 Å². The van der Waals surface area contributed by atoms with Gasteiger partial charge in [0.2, 0.25) is 0 Å². The van der Waals surface area contributed by atoms with E-state index in [1.165, 1.54) is 0 Å². The van der Waals surface area contributed by atoms with Gasteiger partial charge in [-0.05, 0) is 42.8 Å². The number of nitrogens with two attached hydrogens (primary N) is 1. The standard InChI is InChI=1S/C14H13ClN4/c15-12-9-11(6-5-10(12)7-8-16)19-14-4-2-1-3-13(14)17-18-19/h1-6,9H,7-8,16H2. The molecule has 3 aromatic rings. The zero-order chi connectivity index (χ0) is 13.2. The number of nitrogens with zero attached hydrogens (tertiary/aromatic N) is 3. The van der Waals surface area contributed by atoms with Crippen LogP contribution in [0.2, 0.25) is 5.02 Å². The van der Waals surface area contributed by atoms with Crippen molar-refractivity contribution in [2.45, 2.75) is 6.42 Å². The van der Waals surface area contributed by atoms with Crippen molar-refractivity contribution >= 4 is 22.6 Å². The maximum absolute atomic E-state index is 6.26. The zero-order valence-corrected chi connectivity index (χ0v) is 11.0. The second kappa shape index (κ2) is 4.99. The summed E-state index contributed by atoms with van der Waals surface area (Å²) in [6.45, 7) is 0.589. The normalized spacial score (nSPS) is 11.1. The van der Waals surface area contributed by atoms with Gasteiger partial charge < -0.3 is 5.73 Å². The van der Waals surface area contributed by atoms with Crippen LogP contribution in [0.4, 0.5) is 0 Å². The fraction of sp³-hybridized carbons (Fsp3) is 0.143. The predicted molar refractivity (Wildman–Crippen MR) is 76.6 cm³/mol. The van der Waals surface area contributed by atoms with Gasteiger partial charge in [0.15, 0.2) is 0 Å². The van der Waals surface area contributed by atoms with Gasteiger partial charge >= 0.3 is 0 Å². The molecule has 0 atom stereocenters. The first-order valence-electron chi connectivity index (χ1n) is 6.09. The summed E-state index contributed by atoms with van der Waals surface area (Å²) < 4.78 is 1.79. The molecular weight excluding hydrogens is 260 g/mol. The monoisotopic (exact) mass is 272 g/mol. The Morgan fingerprint density at radius 3 is 2.79 bits per heavy atom. The topological polar surface area (TPSA) is 56.7 Å². The highest BCUT2D eigenvalue weighted by Gasteiger charge is 2.07. The van der Waals surface area contributed by atoms with Gasteiger partial charge in [-0.25, -0.2) is 4.68 Å². The van der Waals surface area contributed by atoms with Crippen LogP contribution in [0.15, 0.2) is 42.5 Å². The number of fused-ring (bicyclic) bond motifs is 1. The Balaban J connectivity index is 2.09. The lowest BCUT2D eigenvalue weighted by atomic mass is 10.1. The largest absolute Gasteiger partial charge is 0.330 e. The molecule has 2 N–H and O–H groups in total. The Morgan fingerprint density at radius 1 is 1.16 bits per heavy atom. The Bertz CT molecular complexity index is 720. The van der Waals surface area contributed by atoms with Crippen LogP contribution in [0, 0.1) is 0 Å². The Morgan fingerprint density at radius 2 is 2.00 bits per heavy atom. The van der Waals surface area contributed by atoms with Gasteiger partial charge in [0, 0.05) is 5.02 Å². The smallest absolute Gasteiger partial charge is 0.113 e. The summed E-state index contributed by atoms with van der Waals surface area (Å²) in [5.41, 5.74) is 9.33. The SMILES string of the molecule is NCCc1ccc(-n2nnc3ccccc32)cc1Cl. The zero-order valence-electron chi connectivity index (χ0n) is 10.3. The summed E-state index contributed by atoms with van der Waals surface area (Å²) in [6.07, 6.45) is 0.775. The Kier molecular flexibility index (Phi) is 3.19. The molecule has 1 heterocycles. The van der Waals surface area contributed by atoms with Crippen molar-refractivity contribution in [1.82, 2.24) is 15.0 Å². The van der Waals surface area contributed by atoms with E-state index >= 15 is 0 Å². The molecule has 4 nitrogen and oxygen atoms in total. The van der Waals surface area contributed by atoms with Crippen LogP contribution in [0.3, 0.4) is 0 Å². The minimum Gasteiger partial charge on any atom is -0.330 e. The second-order valence-electron chi connectivity index (χ2n) is 4.30. The maximum Gasteiger partial charge on any atom is 0.113 e. The van der Waals surface area contributed by atoms with Gasteiger partial charge in [0.25, 0.3) is 0 Å². The van der Waals surface area contributed by atoms with Crippen LogP contribution in [0.5, 0.6) is 0 Å². The second-order valence-corrected chi connectivity index (χ2v) is 4.71. The first-order valence-corrected chi connectivity index (χ1v) is 6.46. The molecule has 0 aliphatic rings. The Hall–Kier alpha value is -1.91. The van der Waals surface area contributed by atoms with Crippen molar-refractivity contribution < 1.29 is 0 Å². The molecule has 0 bridgehead atoms. The highest BCUT2D eigenvalue weighted by molar-refractivity contribution is 6.31. The number of hydrogen-bond acceptors (Lipinski definition) is 3. The lowest BCUT2D eigenvalue weighted by molar-refractivity contribution is 0.823. The predicted octanol–water partition coefficient (Wildman–Crippen LogP) is 2.58. The van der Waals surface area contributed by atoms with Gasteiger partial charge in [0.05, 0.1) is 11.2 Å². The number of benzene rings is 2. The van der Waals surface area contributed by atoms with Crippen LogP contribution in [-0.2, 0) is 6.42 Å². The highest BCUT2D eigenvalue weighted by Crippen LogP contribution is 2.22. The number of halogens is 1. The van der Waals surface area contributed by atoms with Gasteiger partial charge in [0.1, 0.15) is 5.52 Å². The molecule has 1 aromatic heterocycles. The maximum atomic E-state index is 6.26. The van der Waals surface area contributed by atoms with E-state index in [1.54, 1.807) is 4.68 Å². The van der Waals surface area contributed by atoms with E-state index in [0.717, 1.165) is 28.7 Å². The third-order valence-corrected chi connectivity index (χ3v) is 3.40. The fourth-order valence-corrected chi connectivity index (χ4v) is 2.36. The van der Waals surface area contributed by atoms with Crippen molar-refractivity contribution in [1.29, 1.82) is 0 Å². The van der Waals surface area contributed by atoms with Crippen molar-refractivity contribution in [3.05, 3.63) is 53.1 Å².